The van der Waals surface area contributed by atoms with E-state index in [0.29, 0.717) is 31.6 Å². The van der Waals surface area contributed by atoms with Crippen LogP contribution in [-0.2, 0) is 11.2 Å². The molecule has 1 aliphatic heterocycles. The van der Waals surface area contributed by atoms with Crippen LogP contribution >= 0.6 is 0 Å². The molecule has 5 nitrogen and oxygen atoms in total. The normalized spacial score (nSPS) is 18.0. The first-order valence-electron chi connectivity index (χ1n) is 11.1. The van der Waals surface area contributed by atoms with E-state index in [1.165, 1.54) is 0 Å². The van der Waals surface area contributed by atoms with Crippen molar-refractivity contribution in [1.29, 1.82) is 0 Å². The van der Waals surface area contributed by atoms with E-state index < -0.39 is 5.41 Å². The minimum absolute atomic E-state index is 0.00619. The average Bonchev–Trinajstić information content (AvgIpc) is 3.25. The number of rotatable bonds is 6. The van der Waals surface area contributed by atoms with Gasteiger partial charge in [0.15, 0.2) is 0 Å². The Kier molecular flexibility index (Phi) is 6.35. The zero-order valence-corrected chi connectivity index (χ0v) is 18.6. The summed E-state index contributed by atoms with van der Waals surface area (Å²) >= 11 is 0. The highest BCUT2D eigenvalue weighted by molar-refractivity contribution is 5.94. The molecule has 164 valence electrons. The van der Waals surface area contributed by atoms with Gasteiger partial charge < -0.3 is 10.2 Å². The second-order valence-electron chi connectivity index (χ2n) is 8.80. The van der Waals surface area contributed by atoms with Crippen molar-refractivity contribution in [3.8, 4) is 11.1 Å². The Morgan fingerprint density at radius 3 is 2.44 bits per heavy atom. The molecular weight excluding hydrogens is 398 g/mol. The maximum Gasteiger partial charge on any atom is 0.272 e. The molecule has 0 bridgehead atoms. The first kappa shape index (κ1) is 21.8. The smallest absolute Gasteiger partial charge is 0.272 e. The van der Waals surface area contributed by atoms with Crippen LogP contribution in [-0.4, -0.2) is 40.8 Å². The summed E-state index contributed by atoms with van der Waals surface area (Å²) in [6, 6.07) is 23.8. The number of likely N-dealkylation sites (tertiary alicyclic amines) is 1. The number of nitrogens with zero attached hydrogens (tertiary/aromatic N) is 2. The number of hydrogen-bond donors (Lipinski definition) is 1. The van der Waals surface area contributed by atoms with E-state index in [2.05, 4.69) is 34.6 Å². The maximum absolute atomic E-state index is 13.5. The fourth-order valence-corrected chi connectivity index (χ4v) is 4.46. The zero-order chi connectivity index (χ0) is 22.6. The van der Waals surface area contributed by atoms with Gasteiger partial charge >= 0.3 is 0 Å². The largest absolute Gasteiger partial charge is 0.353 e. The molecule has 1 unspecified atom stereocenters. The summed E-state index contributed by atoms with van der Waals surface area (Å²) in [5.41, 5.74) is 3.10. The molecule has 1 fully saturated rings. The van der Waals surface area contributed by atoms with Crippen LogP contribution in [0.3, 0.4) is 0 Å². The molecule has 3 aromatic rings. The minimum atomic E-state index is -0.681. The van der Waals surface area contributed by atoms with Gasteiger partial charge in [-0.1, -0.05) is 60.7 Å². The molecule has 1 N–H and O–H groups in total. The predicted octanol–water partition coefficient (Wildman–Crippen LogP) is 4.35. The van der Waals surface area contributed by atoms with Crippen molar-refractivity contribution in [2.24, 2.45) is 5.41 Å². The van der Waals surface area contributed by atoms with Crippen LogP contribution in [0.15, 0.2) is 79.0 Å². The molecule has 5 heteroatoms. The Balaban J connectivity index is 1.66. The van der Waals surface area contributed by atoms with Crippen LogP contribution in [0.2, 0.25) is 0 Å². The number of aromatic nitrogens is 1. The van der Waals surface area contributed by atoms with E-state index in [-0.39, 0.29) is 17.9 Å². The molecular formula is C27H29N3O2. The molecule has 32 heavy (non-hydrogen) atoms. The van der Waals surface area contributed by atoms with Gasteiger partial charge in [0.1, 0.15) is 5.69 Å². The summed E-state index contributed by atoms with van der Waals surface area (Å²) in [7, 11) is 0. The van der Waals surface area contributed by atoms with Gasteiger partial charge in [-0.3, -0.25) is 14.6 Å². The number of hydrogen-bond acceptors (Lipinski definition) is 3. The molecule has 0 radical (unpaired) electrons. The molecule has 0 saturated carbocycles. The number of pyridine rings is 1. The quantitative estimate of drug-likeness (QED) is 0.636. The van der Waals surface area contributed by atoms with Gasteiger partial charge in [-0.05, 0) is 55.5 Å². The third kappa shape index (κ3) is 4.57. The van der Waals surface area contributed by atoms with Gasteiger partial charge in [0, 0.05) is 25.3 Å². The molecule has 0 aliphatic carbocycles. The molecule has 2 amide bonds. The fourth-order valence-electron chi connectivity index (χ4n) is 4.46. The number of amides is 2. The highest BCUT2D eigenvalue weighted by Gasteiger charge is 2.46. The van der Waals surface area contributed by atoms with Crippen molar-refractivity contribution in [3.63, 3.8) is 0 Å². The van der Waals surface area contributed by atoms with Crippen molar-refractivity contribution in [3.05, 3.63) is 90.3 Å². The lowest BCUT2D eigenvalue weighted by atomic mass is 9.78. The summed E-state index contributed by atoms with van der Waals surface area (Å²) in [6.45, 7) is 4.85. The Bertz CT molecular complexity index is 1080. The van der Waals surface area contributed by atoms with Gasteiger partial charge in [-0.2, -0.15) is 0 Å². The molecule has 0 spiro atoms. The lowest BCUT2D eigenvalue weighted by Crippen LogP contribution is -2.47. The van der Waals surface area contributed by atoms with Crippen LogP contribution in [0.1, 0.15) is 36.3 Å². The van der Waals surface area contributed by atoms with Crippen LogP contribution in [0, 0.1) is 5.41 Å². The lowest BCUT2D eigenvalue weighted by molar-refractivity contribution is -0.130. The minimum Gasteiger partial charge on any atom is -0.353 e. The van der Waals surface area contributed by atoms with E-state index in [1.807, 2.05) is 50.2 Å². The van der Waals surface area contributed by atoms with Crippen LogP contribution in [0.25, 0.3) is 11.1 Å². The fraction of sp³-hybridized carbons (Fsp3) is 0.296. The van der Waals surface area contributed by atoms with E-state index in [1.54, 1.807) is 23.2 Å². The first-order chi connectivity index (χ1) is 15.5. The standard InChI is InChI=1S/C27H29N3O2/c1-20(2)29-26(32)27(15-17-30(19-27)25(31)24-14-8-9-16-28-24)18-22-12-6-7-13-23(22)21-10-4-3-5-11-21/h3-14,16,20H,15,17-19H2,1-2H3,(H,29,32). The highest BCUT2D eigenvalue weighted by atomic mass is 16.2. The first-order valence-corrected chi connectivity index (χ1v) is 11.1. The molecule has 2 aromatic carbocycles. The molecule has 1 aromatic heterocycles. The van der Waals surface area contributed by atoms with Crippen molar-refractivity contribution in [2.75, 3.05) is 13.1 Å². The number of carbonyl (C=O) groups excluding carboxylic acids is 2. The van der Waals surface area contributed by atoms with Gasteiger partial charge in [0.2, 0.25) is 5.91 Å². The van der Waals surface area contributed by atoms with E-state index in [0.717, 1.165) is 16.7 Å². The second kappa shape index (κ2) is 9.35. The molecule has 1 saturated heterocycles. The second-order valence-corrected chi connectivity index (χ2v) is 8.80. The summed E-state index contributed by atoms with van der Waals surface area (Å²) in [5.74, 6) is -0.118. The topological polar surface area (TPSA) is 62.3 Å². The van der Waals surface area contributed by atoms with Gasteiger partial charge in [0.25, 0.3) is 5.91 Å². The summed E-state index contributed by atoms with van der Waals surface area (Å²) < 4.78 is 0. The third-order valence-electron chi connectivity index (χ3n) is 6.06. The van der Waals surface area contributed by atoms with Crippen LogP contribution in [0.4, 0.5) is 0 Å². The van der Waals surface area contributed by atoms with Crippen molar-refractivity contribution < 1.29 is 9.59 Å². The van der Waals surface area contributed by atoms with Crippen molar-refractivity contribution >= 4 is 11.8 Å². The van der Waals surface area contributed by atoms with E-state index in [9.17, 15) is 9.59 Å². The molecule has 1 atom stereocenters. The van der Waals surface area contributed by atoms with Crippen molar-refractivity contribution in [1.82, 2.24) is 15.2 Å². The maximum atomic E-state index is 13.5. The Morgan fingerprint density at radius 2 is 1.72 bits per heavy atom. The Morgan fingerprint density at radius 1 is 1.00 bits per heavy atom. The lowest BCUT2D eigenvalue weighted by Gasteiger charge is -2.30. The number of benzene rings is 2. The number of carbonyl (C=O) groups is 2. The van der Waals surface area contributed by atoms with Gasteiger partial charge in [-0.25, -0.2) is 0 Å². The SMILES string of the molecule is CC(C)NC(=O)C1(Cc2ccccc2-c2ccccc2)CCN(C(=O)c2ccccn2)C1. The third-order valence-corrected chi connectivity index (χ3v) is 6.06. The summed E-state index contributed by atoms with van der Waals surface area (Å²) in [5, 5.41) is 3.11. The average molecular weight is 428 g/mol. The molecule has 2 heterocycles. The highest BCUT2D eigenvalue weighted by Crippen LogP contribution is 2.38. The van der Waals surface area contributed by atoms with Crippen molar-refractivity contribution in [2.45, 2.75) is 32.7 Å². The van der Waals surface area contributed by atoms with Crippen LogP contribution < -0.4 is 5.32 Å². The van der Waals surface area contributed by atoms with E-state index >= 15 is 0 Å². The van der Waals surface area contributed by atoms with Gasteiger partial charge in [0.05, 0.1) is 5.41 Å². The molecule has 1 aliphatic rings. The summed E-state index contributed by atoms with van der Waals surface area (Å²) in [6.07, 6.45) is 2.81. The monoisotopic (exact) mass is 427 g/mol. The summed E-state index contributed by atoms with van der Waals surface area (Å²) in [4.78, 5) is 32.5. The van der Waals surface area contributed by atoms with Gasteiger partial charge in [-0.15, -0.1) is 0 Å². The Hall–Kier alpha value is -3.47. The Labute approximate surface area is 189 Å². The molecule has 4 rings (SSSR count). The number of nitrogens with one attached hydrogen (secondary N) is 1. The predicted molar refractivity (Wildman–Crippen MR) is 126 cm³/mol. The zero-order valence-electron chi connectivity index (χ0n) is 18.6. The van der Waals surface area contributed by atoms with E-state index in [4.69, 9.17) is 0 Å². The van der Waals surface area contributed by atoms with Crippen LogP contribution in [0.5, 0.6) is 0 Å².